The first kappa shape index (κ1) is 12.0. The number of rotatable bonds is 3. The van der Waals surface area contributed by atoms with E-state index in [0.29, 0.717) is 5.82 Å². The van der Waals surface area contributed by atoms with Gasteiger partial charge in [-0.2, -0.15) is 5.10 Å². The fourth-order valence-corrected chi connectivity index (χ4v) is 2.59. The van der Waals surface area contributed by atoms with Crippen LogP contribution in [0.25, 0.3) is 11.3 Å². The van der Waals surface area contributed by atoms with Crippen molar-refractivity contribution < 1.29 is 0 Å². The molecule has 0 saturated carbocycles. The third kappa shape index (κ3) is 2.31. The quantitative estimate of drug-likeness (QED) is 0.848. The standard InChI is InChI=1S/C13H17N3S/c1-4-17-11-7-5-10(6-8-11)12-9(2)13(14)15-16(12)3/h5-8H,4H2,1-3H3,(H2,14,15). The number of nitrogen functional groups attached to an aromatic ring is 1. The van der Waals surface area contributed by atoms with Crippen LogP contribution in [0.3, 0.4) is 0 Å². The van der Waals surface area contributed by atoms with Crippen LogP contribution in [0, 0.1) is 6.92 Å². The summed E-state index contributed by atoms with van der Waals surface area (Å²) in [4.78, 5) is 1.30. The van der Waals surface area contributed by atoms with Gasteiger partial charge in [0.15, 0.2) is 0 Å². The molecule has 0 fully saturated rings. The van der Waals surface area contributed by atoms with Crippen LogP contribution >= 0.6 is 11.8 Å². The molecular formula is C13H17N3S. The van der Waals surface area contributed by atoms with Crippen LogP contribution in [0.4, 0.5) is 5.82 Å². The zero-order valence-corrected chi connectivity index (χ0v) is 11.2. The van der Waals surface area contributed by atoms with Gasteiger partial charge in [0, 0.05) is 23.1 Å². The van der Waals surface area contributed by atoms with Crippen LogP contribution in [0.15, 0.2) is 29.2 Å². The van der Waals surface area contributed by atoms with Gasteiger partial charge in [0.25, 0.3) is 0 Å². The maximum absolute atomic E-state index is 5.82. The van der Waals surface area contributed by atoms with Crippen LogP contribution in [-0.4, -0.2) is 15.5 Å². The lowest BCUT2D eigenvalue weighted by atomic mass is 10.1. The molecule has 4 heteroatoms. The monoisotopic (exact) mass is 247 g/mol. The average molecular weight is 247 g/mol. The smallest absolute Gasteiger partial charge is 0.148 e. The van der Waals surface area contributed by atoms with E-state index in [1.807, 2.05) is 30.4 Å². The minimum Gasteiger partial charge on any atom is -0.382 e. The molecule has 0 aliphatic carbocycles. The van der Waals surface area contributed by atoms with Crippen molar-refractivity contribution in [3.8, 4) is 11.3 Å². The maximum atomic E-state index is 5.82. The number of nitrogens with two attached hydrogens (primary N) is 1. The Balaban J connectivity index is 2.39. The van der Waals surface area contributed by atoms with Crippen molar-refractivity contribution in [2.45, 2.75) is 18.7 Å². The molecule has 0 atom stereocenters. The number of aryl methyl sites for hydroxylation is 1. The second-order valence-electron chi connectivity index (χ2n) is 3.94. The van der Waals surface area contributed by atoms with E-state index < -0.39 is 0 Å². The van der Waals surface area contributed by atoms with Gasteiger partial charge in [-0.1, -0.05) is 19.1 Å². The van der Waals surface area contributed by atoms with E-state index in [-0.39, 0.29) is 0 Å². The van der Waals surface area contributed by atoms with E-state index in [0.717, 1.165) is 22.6 Å². The minimum absolute atomic E-state index is 0.606. The summed E-state index contributed by atoms with van der Waals surface area (Å²) in [5.74, 6) is 1.70. The summed E-state index contributed by atoms with van der Waals surface area (Å²) in [7, 11) is 1.92. The van der Waals surface area contributed by atoms with Crippen molar-refractivity contribution in [3.05, 3.63) is 29.8 Å². The van der Waals surface area contributed by atoms with Crippen molar-refractivity contribution in [1.29, 1.82) is 0 Å². The van der Waals surface area contributed by atoms with E-state index in [1.54, 1.807) is 0 Å². The normalized spacial score (nSPS) is 10.8. The van der Waals surface area contributed by atoms with Crippen LogP contribution < -0.4 is 5.73 Å². The average Bonchev–Trinajstić information content (AvgIpc) is 2.55. The van der Waals surface area contributed by atoms with Crippen molar-refractivity contribution in [1.82, 2.24) is 9.78 Å². The van der Waals surface area contributed by atoms with Crippen molar-refractivity contribution >= 4 is 17.6 Å². The topological polar surface area (TPSA) is 43.8 Å². The molecule has 0 amide bonds. The molecular weight excluding hydrogens is 230 g/mol. The summed E-state index contributed by atoms with van der Waals surface area (Å²) >= 11 is 1.85. The lowest BCUT2D eigenvalue weighted by molar-refractivity contribution is 0.780. The number of aromatic nitrogens is 2. The second-order valence-corrected chi connectivity index (χ2v) is 5.28. The molecule has 1 aromatic carbocycles. The molecule has 0 aliphatic heterocycles. The van der Waals surface area contributed by atoms with Gasteiger partial charge in [-0.25, -0.2) is 0 Å². The highest BCUT2D eigenvalue weighted by Crippen LogP contribution is 2.28. The Labute approximate surface area is 106 Å². The largest absolute Gasteiger partial charge is 0.382 e. The summed E-state index contributed by atoms with van der Waals surface area (Å²) in [6.45, 7) is 4.16. The van der Waals surface area contributed by atoms with Gasteiger partial charge in [0.2, 0.25) is 0 Å². The number of nitrogens with zero attached hydrogens (tertiary/aromatic N) is 2. The van der Waals surface area contributed by atoms with Gasteiger partial charge in [-0.05, 0) is 24.8 Å². The number of anilines is 1. The number of thioether (sulfide) groups is 1. The maximum Gasteiger partial charge on any atom is 0.148 e. The lowest BCUT2D eigenvalue weighted by Crippen LogP contribution is -1.94. The SMILES string of the molecule is CCSc1ccc(-c2c(C)c(N)nn2C)cc1. The molecule has 2 N–H and O–H groups in total. The molecule has 90 valence electrons. The van der Waals surface area contributed by atoms with Crippen LogP contribution in [0.1, 0.15) is 12.5 Å². The van der Waals surface area contributed by atoms with Gasteiger partial charge in [0.05, 0.1) is 5.69 Å². The van der Waals surface area contributed by atoms with Crippen molar-refractivity contribution in [3.63, 3.8) is 0 Å². The summed E-state index contributed by atoms with van der Waals surface area (Å²) in [5, 5.41) is 4.23. The van der Waals surface area contributed by atoms with Crippen LogP contribution in [0.5, 0.6) is 0 Å². The van der Waals surface area contributed by atoms with Crippen LogP contribution in [-0.2, 0) is 7.05 Å². The van der Waals surface area contributed by atoms with Gasteiger partial charge in [-0.15, -0.1) is 11.8 Å². The molecule has 0 radical (unpaired) electrons. The molecule has 0 saturated heterocycles. The first-order valence-electron chi connectivity index (χ1n) is 5.65. The summed E-state index contributed by atoms with van der Waals surface area (Å²) < 4.78 is 1.84. The lowest BCUT2D eigenvalue weighted by Gasteiger charge is -2.05. The Morgan fingerprint density at radius 2 is 1.94 bits per heavy atom. The van der Waals surface area contributed by atoms with Crippen LogP contribution in [0.2, 0.25) is 0 Å². The fourth-order valence-electron chi connectivity index (χ4n) is 1.93. The Morgan fingerprint density at radius 3 is 2.41 bits per heavy atom. The Morgan fingerprint density at radius 1 is 1.29 bits per heavy atom. The molecule has 2 rings (SSSR count). The zero-order valence-electron chi connectivity index (χ0n) is 10.4. The molecule has 2 aromatic rings. The molecule has 0 unspecified atom stereocenters. The summed E-state index contributed by atoms with van der Waals surface area (Å²) in [6.07, 6.45) is 0. The van der Waals surface area contributed by atoms with Gasteiger partial charge in [-0.3, -0.25) is 4.68 Å². The van der Waals surface area contributed by atoms with E-state index in [9.17, 15) is 0 Å². The Hall–Kier alpha value is -1.42. The molecule has 0 aliphatic rings. The highest BCUT2D eigenvalue weighted by atomic mass is 32.2. The van der Waals surface area contributed by atoms with Gasteiger partial charge in [0.1, 0.15) is 5.82 Å². The summed E-state index contributed by atoms with van der Waals surface area (Å²) in [6, 6.07) is 8.54. The molecule has 1 heterocycles. The van der Waals surface area contributed by atoms with Gasteiger partial charge >= 0.3 is 0 Å². The predicted octanol–water partition coefficient (Wildman–Crippen LogP) is 3.09. The van der Waals surface area contributed by atoms with E-state index >= 15 is 0 Å². The highest BCUT2D eigenvalue weighted by Gasteiger charge is 2.11. The van der Waals surface area contributed by atoms with E-state index in [2.05, 4.69) is 36.3 Å². The zero-order chi connectivity index (χ0) is 12.4. The molecule has 3 nitrogen and oxygen atoms in total. The van der Waals surface area contributed by atoms with Crippen molar-refractivity contribution in [2.24, 2.45) is 7.05 Å². The molecule has 0 spiro atoms. The number of benzene rings is 1. The Kier molecular flexibility index (Phi) is 3.43. The van der Waals surface area contributed by atoms with E-state index in [1.165, 1.54) is 4.90 Å². The number of hydrogen-bond donors (Lipinski definition) is 1. The first-order valence-corrected chi connectivity index (χ1v) is 6.64. The van der Waals surface area contributed by atoms with Crippen molar-refractivity contribution in [2.75, 3.05) is 11.5 Å². The second kappa shape index (κ2) is 4.84. The van der Waals surface area contributed by atoms with Gasteiger partial charge < -0.3 is 5.73 Å². The fraction of sp³-hybridized carbons (Fsp3) is 0.308. The first-order chi connectivity index (χ1) is 8.13. The predicted molar refractivity (Wildman–Crippen MR) is 74.2 cm³/mol. The molecule has 0 bridgehead atoms. The third-order valence-corrected chi connectivity index (χ3v) is 3.65. The Bertz CT molecular complexity index is 514. The van der Waals surface area contributed by atoms with E-state index in [4.69, 9.17) is 5.73 Å². The molecule has 1 aromatic heterocycles. The molecule has 17 heavy (non-hydrogen) atoms. The number of hydrogen-bond acceptors (Lipinski definition) is 3. The third-order valence-electron chi connectivity index (χ3n) is 2.76. The minimum atomic E-state index is 0.606. The highest BCUT2D eigenvalue weighted by molar-refractivity contribution is 7.99. The summed E-state index contributed by atoms with van der Waals surface area (Å²) in [5.41, 5.74) is 9.12.